The summed E-state index contributed by atoms with van der Waals surface area (Å²) in [4.78, 5) is 35.0. The van der Waals surface area contributed by atoms with Crippen LogP contribution in [0.3, 0.4) is 0 Å². The van der Waals surface area contributed by atoms with Crippen molar-refractivity contribution in [2.45, 2.75) is 6.54 Å². The molecule has 2 aromatic rings. The molecule has 0 atom stereocenters. The number of halogens is 2. The van der Waals surface area contributed by atoms with E-state index in [1.807, 2.05) is 29.2 Å². The lowest BCUT2D eigenvalue weighted by Crippen LogP contribution is -2.48. The fourth-order valence-electron chi connectivity index (χ4n) is 3.02. The first kappa shape index (κ1) is 24.6. The minimum absolute atomic E-state index is 0.0437. The van der Waals surface area contributed by atoms with Crippen molar-refractivity contribution >= 4 is 45.4 Å². The number of carbonyl (C=O) groups excluding carboxylic acids is 1. The summed E-state index contributed by atoms with van der Waals surface area (Å²) in [7, 11) is 1.69. The Balaban J connectivity index is 0.000000501. The van der Waals surface area contributed by atoms with Crippen molar-refractivity contribution in [1.82, 2.24) is 9.80 Å². The summed E-state index contributed by atoms with van der Waals surface area (Å²) in [5, 5.41) is 15.4. The van der Waals surface area contributed by atoms with E-state index in [0.29, 0.717) is 23.7 Å². The number of ether oxygens (including phenoxy) is 1. The van der Waals surface area contributed by atoms with Gasteiger partial charge in [0.2, 0.25) is 0 Å². The molecule has 1 aliphatic heterocycles. The Bertz CT molecular complexity index is 935. The molecule has 10 heteroatoms. The van der Waals surface area contributed by atoms with Gasteiger partial charge in [0.1, 0.15) is 5.75 Å². The summed E-state index contributed by atoms with van der Waals surface area (Å²) in [6.45, 7) is 3.90. The Labute approximate surface area is 193 Å². The number of amides is 1. The maximum Gasteiger partial charge on any atom is 0.414 e. The zero-order valence-electron chi connectivity index (χ0n) is 16.8. The number of benzene rings is 2. The van der Waals surface area contributed by atoms with Crippen LogP contribution in [-0.2, 0) is 16.1 Å². The molecule has 2 N–H and O–H groups in total. The molecular weight excluding hydrogens is 492 g/mol. The van der Waals surface area contributed by atoms with E-state index in [9.17, 15) is 4.79 Å². The number of hydrogen-bond acceptors (Lipinski definition) is 5. The second-order valence-corrected chi connectivity index (χ2v) is 8.00. The molecule has 0 saturated carbocycles. The first-order valence-corrected chi connectivity index (χ1v) is 10.4. The molecule has 0 aliphatic carbocycles. The highest BCUT2D eigenvalue weighted by Gasteiger charge is 2.23. The van der Waals surface area contributed by atoms with Crippen LogP contribution in [0.1, 0.15) is 15.9 Å². The number of rotatable bonds is 4. The molecule has 166 valence electrons. The number of carboxylic acids is 2. The van der Waals surface area contributed by atoms with E-state index in [2.05, 4.69) is 26.9 Å². The second kappa shape index (κ2) is 11.7. The van der Waals surface area contributed by atoms with Gasteiger partial charge in [-0.2, -0.15) is 0 Å². The second-order valence-electron chi connectivity index (χ2n) is 6.65. The molecule has 0 aromatic heterocycles. The fraction of sp³-hybridized carbons (Fsp3) is 0.286. The van der Waals surface area contributed by atoms with Crippen molar-refractivity contribution in [2.75, 3.05) is 33.3 Å². The predicted molar refractivity (Wildman–Crippen MR) is 119 cm³/mol. The number of hydrogen-bond donors (Lipinski definition) is 2. The molecule has 1 aliphatic rings. The maximum atomic E-state index is 12.6. The lowest BCUT2D eigenvalue weighted by atomic mass is 10.1. The van der Waals surface area contributed by atoms with E-state index < -0.39 is 11.9 Å². The Kier molecular flexibility index (Phi) is 9.29. The summed E-state index contributed by atoms with van der Waals surface area (Å²) in [5.41, 5.74) is 1.79. The predicted octanol–water partition coefficient (Wildman–Crippen LogP) is 3.22. The summed E-state index contributed by atoms with van der Waals surface area (Å²) in [5.74, 6) is -2.71. The van der Waals surface area contributed by atoms with Gasteiger partial charge >= 0.3 is 11.9 Å². The summed E-state index contributed by atoms with van der Waals surface area (Å²) in [6, 6.07) is 13.2. The molecule has 8 nitrogen and oxygen atoms in total. The van der Waals surface area contributed by atoms with Gasteiger partial charge in [-0.3, -0.25) is 9.69 Å². The van der Waals surface area contributed by atoms with E-state index in [1.165, 1.54) is 0 Å². The highest BCUT2D eigenvalue weighted by molar-refractivity contribution is 9.10. The number of carboxylic acid groups (broad SMARTS) is 2. The third-order valence-electron chi connectivity index (χ3n) is 4.55. The zero-order chi connectivity index (χ0) is 23.0. The van der Waals surface area contributed by atoms with Gasteiger partial charge in [0.25, 0.3) is 5.91 Å². The average Bonchev–Trinajstić information content (AvgIpc) is 2.74. The van der Waals surface area contributed by atoms with Gasteiger partial charge in [0.15, 0.2) is 0 Å². The van der Waals surface area contributed by atoms with Gasteiger partial charge in [-0.1, -0.05) is 33.6 Å². The van der Waals surface area contributed by atoms with Crippen molar-refractivity contribution in [1.29, 1.82) is 0 Å². The Hall–Kier alpha value is -2.62. The molecule has 0 radical (unpaired) electrons. The van der Waals surface area contributed by atoms with Crippen LogP contribution in [0.5, 0.6) is 5.75 Å². The minimum Gasteiger partial charge on any atom is -0.496 e. The van der Waals surface area contributed by atoms with Crippen LogP contribution in [0, 0.1) is 0 Å². The van der Waals surface area contributed by atoms with E-state index in [4.69, 9.17) is 36.1 Å². The molecule has 31 heavy (non-hydrogen) atoms. The number of carbonyl (C=O) groups is 3. The average molecular weight is 514 g/mol. The SMILES string of the molecule is COc1ccc(Br)cc1CN1CCN(C(=O)c2cccc(Cl)c2)CC1.O=C(O)C(=O)O. The quantitative estimate of drug-likeness (QED) is 0.605. The fourth-order valence-corrected chi connectivity index (χ4v) is 3.62. The van der Waals surface area contributed by atoms with E-state index in [1.54, 1.807) is 19.2 Å². The van der Waals surface area contributed by atoms with Gasteiger partial charge in [-0.15, -0.1) is 0 Å². The lowest BCUT2D eigenvalue weighted by Gasteiger charge is -2.35. The molecule has 2 aromatic carbocycles. The third-order valence-corrected chi connectivity index (χ3v) is 5.28. The number of aliphatic carboxylic acids is 2. The van der Waals surface area contributed by atoms with Crippen LogP contribution in [-0.4, -0.2) is 71.1 Å². The van der Waals surface area contributed by atoms with Crippen LogP contribution < -0.4 is 4.74 Å². The van der Waals surface area contributed by atoms with E-state index in [-0.39, 0.29) is 5.91 Å². The molecule has 1 saturated heterocycles. The minimum atomic E-state index is -1.82. The van der Waals surface area contributed by atoms with Gasteiger partial charge in [0, 0.05) is 53.3 Å². The van der Waals surface area contributed by atoms with Crippen LogP contribution in [0.2, 0.25) is 5.02 Å². The van der Waals surface area contributed by atoms with Gasteiger partial charge in [-0.25, -0.2) is 9.59 Å². The molecule has 1 heterocycles. The van der Waals surface area contributed by atoms with Crippen molar-refractivity contribution < 1.29 is 29.3 Å². The Morgan fingerprint density at radius 2 is 1.68 bits per heavy atom. The smallest absolute Gasteiger partial charge is 0.414 e. The normalized spacial score (nSPS) is 13.7. The summed E-state index contributed by atoms with van der Waals surface area (Å²) >= 11 is 9.50. The van der Waals surface area contributed by atoms with Crippen molar-refractivity contribution in [3.05, 3.63) is 63.1 Å². The van der Waals surface area contributed by atoms with Crippen LogP contribution in [0.25, 0.3) is 0 Å². The highest BCUT2D eigenvalue weighted by atomic mass is 79.9. The molecule has 1 fully saturated rings. The largest absolute Gasteiger partial charge is 0.496 e. The molecule has 0 bridgehead atoms. The van der Waals surface area contributed by atoms with Crippen LogP contribution in [0.15, 0.2) is 46.9 Å². The summed E-state index contributed by atoms with van der Waals surface area (Å²) in [6.07, 6.45) is 0. The monoisotopic (exact) mass is 512 g/mol. The number of methoxy groups -OCH3 is 1. The zero-order valence-corrected chi connectivity index (χ0v) is 19.1. The molecule has 1 amide bonds. The summed E-state index contributed by atoms with van der Waals surface area (Å²) < 4.78 is 6.49. The lowest BCUT2D eigenvalue weighted by molar-refractivity contribution is -0.159. The number of nitrogens with zero attached hydrogens (tertiary/aromatic N) is 2. The van der Waals surface area contributed by atoms with Gasteiger partial charge < -0.3 is 19.8 Å². The van der Waals surface area contributed by atoms with Crippen LogP contribution >= 0.6 is 27.5 Å². The van der Waals surface area contributed by atoms with Crippen molar-refractivity contribution in [2.24, 2.45) is 0 Å². The first-order chi connectivity index (χ1) is 14.7. The van der Waals surface area contributed by atoms with Gasteiger partial charge in [-0.05, 0) is 36.4 Å². The highest BCUT2D eigenvalue weighted by Crippen LogP contribution is 2.25. The van der Waals surface area contributed by atoms with E-state index in [0.717, 1.165) is 35.4 Å². The molecular formula is C21H22BrClN2O6. The van der Waals surface area contributed by atoms with Gasteiger partial charge in [0.05, 0.1) is 7.11 Å². The topological polar surface area (TPSA) is 107 Å². The Morgan fingerprint density at radius 1 is 1.03 bits per heavy atom. The van der Waals surface area contributed by atoms with Crippen molar-refractivity contribution in [3.63, 3.8) is 0 Å². The Morgan fingerprint density at radius 3 is 2.23 bits per heavy atom. The van der Waals surface area contributed by atoms with Crippen LogP contribution in [0.4, 0.5) is 0 Å². The standard InChI is InChI=1S/C19H20BrClN2O2.C2H2O4/c1-25-18-6-5-16(20)11-15(18)13-22-7-9-23(10-8-22)19(24)14-3-2-4-17(21)12-14;3-1(4)2(5)6/h2-6,11-12H,7-10,13H2,1H3;(H,3,4)(H,5,6). The third kappa shape index (κ3) is 7.54. The maximum absolute atomic E-state index is 12.6. The van der Waals surface area contributed by atoms with Crippen molar-refractivity contribution in [3.8, 4) is 5.75 Å². The molecule has 0 spiro atoms. The molecule has 0 unspecified atom stereocenters. The first-order valence-electron chi connectivity index (χ1n) is 9.27. The van der Waals surface area contributed by atoms with E-state index >= 15 is 0 Å². The number of piperazine rings is 1. The molecule has 3 rings (SSSR count).